The predicted molar refractivity (Wildman–Crippen MR) is 105 cm³/mol. The first kappa shape index (κ1) is 23.1. The standard InChI is InChI=1S/C22H40O4/c1-16(2)19(23)22(7)13-12-18(21(22,5)6)20(24)26-15-11-9-8-10-14-25-17(3)4/h16-18H,8-15H2,1-7H3/t18-,22+/m1/s1. The molecule has 2 atom stereocenters. The lowest BCUT2D eigenvalue weighted by molar-refractivity contribution is -0.155. The highest BCUT2D eigenvalue weighted by molar-refractivity contribution is 5.89. The van der Waals surface area contributed by atoms with Gasteiger partial charge >= 0.3 is 5.97 Å². The smallest absolute Gasteiger partial charge is 0.309 e. The molecule has 1 aliphatic carbocycles. The van der Waals surface area contributed by atoms with Gasteiger partial charge in [0.1, 0.15) is 5.78 Å². The van der Waals surface area contributed by atoms with E-state index in [0.717, 1.165) is 45.1 Å². The van der Waals surface area contributed by atoms with E-state index in [1.54, 1.807) is 0 Å². The zero-order valence-electron chi connectivity index (χ0n) is 18.0. The minimum absolute atomic E-state index is 0.00581. The lowest BCUT2D eigenvalue weighted by Gasteiger charge is -2.40. The van der Waals surface area contributed by atoms with Crippen LogP contribution in [-0.2, 0) is 19.1 Å². The van der Waals surface area contributed by atoms with Crippen LogP contribution in [0.15, 0.2) is 0 Å². The minimum Gasteiger partial charge on any atom is -0.465 e. The van der Waals surface area contributed by atoms with Gasteiger partial charge in [-0.1, -0.05) is 41.0 Å². The van der Waals surface area contributed by atoms with Crippen LogP contribution in [0.1, 0.15) is 87.0 Å². The average Bonchev–Trinajstić information content (AvgIpc) is 2.79. The van der Waals surface area contributed by atoms with Gasteiger partial charge in [-0.15, -0.1) is 0 Å². The van der Waals surface area contributed by atoms with Crippen LogP contribution < -0.4 is 0 Å². The van der Waals surface area contributed by atoms with Gasteiger partial charge in [0, 0.05) is 17.9 Å². The van der Waals surface area contributed by atoms with Crippen LogP contribution in [0.3, 0.4) is 0 Å². The van der Waals surface area contributed by atoms with Crippen LogP contribution in [0.5, 0.6) is 0 Å². The molecule has 0 amide bonds. The number of hydrogen-bond donors (Lipinski definition) is 0. The van der Waals surface area contributed by atoms with E-state index < -0.39 is 5.41 Å². The molecule has 0 saturated heterocycles. The van der Waals surface area contributed by atoms with Gasteiger partial charge in [0.05, 0.1) is 18.6 Å². The summed E-state index contributed by atoms with van der Waals surface area (Å²) in [5.41, 5.74) is -0.805. The predicted octanol–water partition coefficient (Wildman–Crippen LogP) is 5.18. The van der Waals surface area contributed by atoms with Crippen molar-refractivity contribution in [1.29, 1.82) is 0 Å². The maximum absolute atomic E-state index is 12.7. The van der Waals surface area contributed by atoms with Gasteiger partial charge in [-0.05, 0) is 51.4 Å². The summed E-state index contributed by atoms with van der Waals surface area (Å²) >= 11 is 0. The van der Waals surface area contributed by atoms with Crippen molar-refractivity contribution in [2.24, 2.45) is 22.7 Å². The Kier molecular flexibility index (Phi) is 8.78. The summed E-state index contributed by atoms with van der Waals surface area (Å²) in [7, 11) is 0. The summed E-state index contributed by atoms with van der Waals surface area (Å²) in [5.74, 6) is -0.0526. The Morgan fingerprint density at radius 3 is 2.08 bits per heavy atom. The molecule has 1 fully saturated rings. The number of unbranched alkanes of at least 4 members (excludes halogenated alkanes) is 3. The number of ether oxygens (including phenoxy) is 2. The molecular formula is C22H40O4. The van der Waals surface area contributed by atoms with Gasteiger partial charge in [0.25, 0.3) is 0 Å². The molecule has 4 nitrogen and oxygen atoms in total. The largest absolute Gasteiger partial charge is 0.465 e. The normalized spacial score (nSPS) is 25.0. The van der Waals surface area contributed by atoms with E-state index in [0.29, 0.717) is 12.7 Å². The third-order valence-corrected chi connectivity index (χ3v) is 6.31. The number of rotatable bonds is 11. The van der Waals surface area contributed by atoms with Crippen molar-refractivity contribution in [3.8, 4) is 0 Å². The van der Waals surface area contributed by atoms with Crippen molar-refractivity contribution in [3.05, 3.63) is 0 Å². The summed E-state index contributed by atoms with van der Waals surface area (Å²) in [6.45, 7) is 15.4. The van der Waals surface area contributed by atoms with Crippen LogP contribution in [0.25, 0.3) is 0 Å². The highest BCUT2D eigenvalue weighted by atomic mass is 16.5. The quantitative estimate of drug-likeness (QED) is 0.372. The molecule has 1 saturated carbocycles. The Morgan fingerprint density at radius 1 is 0.962 bits per heavy atom. The van der Waals surface area contributed by atoms with E-state index in [9.17, 15) is 9.59 Å². The fourth-order valence-electron chi connectivity index (χ4n) is 4.14. The first-order chi connectivity index (χ1) is 12.0. The Morgan fingerprint density at radius 2 is 1.54 bits per heavy atom. The third kappa shape index (κ3) is 5.55. The van der Waals surface area contributed by atoms with Crippen molar-refractivity contribution in [3.63, 3.8) is 0 Å². The molecular weight excluding hydrogens is 328 g/mol. The molecule has 0 aromatic rings. The lowest BCUT2D eigenvalue weighted by Crippen LogP contribution is -2.44. The van der Waals surface area contributed by atoms with Gasteiger partial charge in [0.2, 0.25) is 0 Å². The zero-order chi connectivity index (χ0) is 20.0. The molecule has 0 heterocycles. The number of esters is 1. The van der Waals surface area contributed by atoms with E-state index in [-0.39, 0.29) is 29.0 Å². The van der Waals surface area contributed by atoms with E-state index in [1.165, 1.54) is 0 Å². The van der Waals surface area contributed by atoms with Crippen LogP contribution in [0, 0.1) is 22.7 Å². The van der Waals surface area contributed by atoms with E-state index in [4.69, 9.17) is 9.47 Å². The van der Waals surface area contributed by atoms with Crippen molar-refractivity contribution in [2.75, 3.05) is 13.2 Å². The lowest BCUT2D eigenvalue weighted by atomic mass is 9.62. The van der Waals surface area contributed by atoms with Gasteiger partial charge in [0.15, 0.2) is 0 Å². The van der Waals surface area contributed by atoms with E-state index >= 15 is 0 Å². The van der Waals surface area contributed by atoms with Gasteiger partial charge in [-0.2, -0.15) is 0 Å². The molecule has 0 aromatic carbocycles. The Bertz CT molecular complexity index is 467. The van der Waals surface area contributed by atoms with Crippen LogP contribution in [0.4, 0.5) is 0 Å². The molecule has 0 spiro atoms. The minimum atomic E-state index is -0.443. The monoisotopic (exact) mass is 368 g/mol. The Balaban J connectivity index is 2.38. The molecule has 0 aliphatic heterocycles. The SMILES string of the molecule is CC(C)OCCCCCCOC(=O)[C@H]1CC[C@@](C)(C(=O)C(C)C)C1(C)C. The Hall–Kier alpha value is -0.900. The van der Waals surface area contributed by atoms with Crippen molar-refractivity contribution in [1.82, 2.24) is 0 Å². The second-order valence-electron chi connectivity index (χ2n) is 9.17. The second-order valence-corrected chi connectivity index (χ2v) is 9.17. The molecule has 0 unspecified atom stereocenters. The van der Waals surface area contributed by atoms with Crippen molar-refractivity contribution in [2.45, 2.75) is 93.1 Å². The molecule has 0 N–H and O–H groups in total. The topological polar surface area (TPSA) is 52.6 Å². The van der Waals surface area contributed by atoms with Crippen LogP contribution >= 0.6 is 0 Å². The molecule has 0 aromatic heterocycles. The first-order valence-corrected chi connectivity index (χ1v) is 10.4. The number of Topliss-reactive ketones (excluding diaryl/α,β-unsaturated/α-hetero) is 1. The molecule has 1 rings (SSSR count). The average molecular weight is 369 g/mol. The summed E-state index contributed by atoms with van der Waals surface area (Å²) in [5, 5.41) is 0. The maximum atomic E-state index is 12.7. The zero-order valence-corrected chi connectivity index (χ0v) is 18.0. The molecule has 1 aliphatic rings. The van der Waals surface area contributed by atoms with Crippen LogP contribution in [0.2, 0.25) is 0 Å². The van der Waals surface area contributed by atoms with Crippen molar-refractivity contribution >= 4 is 11.8 Å². The fraction of sp³-hybridized carbons (Fsp3) is 0.909. The highest BCUT2D eigenvalue weighted by Crippen LogP contribution is 2.57. The highest BCUT2D eigenvalue weighted by Gasteiger charge is 2.58. The van der Waals surface area contributed by atoms with E-state index in [1.807, 2.05) is 34.6 Å². The number of carbonyl (C=O) groups excluding carboxylic acids is 2. The molecule has 4 heteroatoms. The third-order valence-electron chi connectivity index (χ3n) is 6.31. The summed E-state index contributed by atoms with van der Waals surface area (Å²) in [6, 6.07) is 0. The Labute approximate surface area is 160 Å². The maximum Gasteiger partial charge on any atom is 0.309 e. The number of ketones is 1. The molecule has 26 heavy (non-hydrogen) atoms. The second kappa shape index (κ2) is 9.87. The van der Waals surface area contributed by atoms with Crippen molar-refractivity contribution < 1.29 is 19.1 Å². The first-order valence-electron chi connectivity index (χ1n) is 10.4. The van der Waals surface area contributed by atoms with Gasteiger partial charge in [-0.3, -0.25) is 9.59 Å². The number of hydrogen-bond acceptors (Lipinski definition) is 4. The fourth-order valence-corrected chi connectivity index (χ4v) is 4.14. The van der Waals surface area contributed by atoms with Gasteiger partial charge < -0.3 is 9.47 Å². The molecule has 0 radical (unpaired) electrons. The van der Waals surface area contributed by atoms with Gasteiger partial charge in [-0.25, -0.2) is 0 Å². The van der Waals surface area contributed by atoms with Crippen LogP contribution in [-0.4, -0.2) is 31.1 Å². The molecule has 152 valence electrons. The molecule has 0 bridgehead atoms. The summed E-state index contributed by atoms with van der Waals surface area (Å²) < 4.78 is 11.1. The summed E-state index contributed by atoms with van der Waals surface area (Å²) in [6.07, 6.45) is 5.89. The number of carbonyl (C=O) groups is 2. The van der Waals surface area contributed by atoms with E-state index in [2.05, 4.69) is 13.8 Å². The summed E-state index contributed by atoms with van der Waals surface area (Å²) in [4.78, 5) is 25.3.